The van der Waals surface area contributed by atoms with E-state index in [1.807, 2.05) is 121 Å². The standard InChI is InChI=1S/C56H64N8O8/c65-49-37-57(33-41-17-5-1-6-18-41)53(69)45-25-13-29-61(45)50(66)38-58(34-42-19-7-2-8-20-42)55(71)47-27-15-31-63(47)52(68)40-60(36-44-23-11-4-12-24-44)56(72)48-28-16-32-64(48)51(67)39-59(35-43-21-9-3-10-22-43)54(70)46-26-14-30-62(46)49/h1-12,17-24,45-48H,13-16,25-40H2/t45-,46-,47-,48-/m0/s1. The molecule has 4 aromatic carbocycles. The van der Waals surface area contributed by atoms with Crippen molar-refractivity contribution >= 4 is 47.3 Å². The lowest BCUT2D eigenvalue weighted by atomic mass is 10.1. The molecule has 0 aliphatic carbocycles. The van der Waals surface area contributed by atoms with Crippen LogP contribution in [0.5, 0.6) is 0 Å². The molecule has 8 amide bonds. The normalized spacial score (nSPS) is 23.4. The van der Waals surface area contributed by atoms with Gasteiger partial charge in [-0.3, -0.25) is 38.4 Å². The number of fused-ring (bicyclic) bond motifs is 4. The molecule has 5 heterocycles. The number of carbonyl (C=O) groups excluding carboxylic acids is 8. The smallest absolute Gasteiger partial charge is 0.246 e. The van der Waals surface area contributed by atoms with Gasteiger partial charge >= 0.3 is 0 Å². The Labute approximate surface area is 421 Å². The van der Waals surface area contributed by atoms with Crippen molar-refractivity contribution in [3.8, 4) is 0 Å². The average molecular weight is 977 g/mol. The highest BCUT2D eigenvalue weighted by molar-refractivity contribution is 5.97. The lowest BCUT2D eigenvalue weighted by Gasteiger charge is -2.36. The van der Waals surface area contributed by atoms with Gasteiger partial charge in [-0.1, -0.05) is 121 Å². The van der Waals surface area contributed by atoms with Gasteiger partial charge in [0.1, 0.15) is 50.3 Å². The van der Waals surface area contributed by atoms with Crippen LogP contribution in [0.1, 0.15) is 73.6 Å². The van der Waals surface area contributed by atoms with Gasteiger partial charge in [0.05, 0.1) is 0 Å². The van der Waals surface area contributed by atoms with Gasteiger partial charge in [-0.2, -0.15) is 0 Å². The van der Waals surface area contributed by atoms with Gasteiger partial charge in [-0.15, -0.1) is 0 Å². The summed E-state index contributed by atoms with van der Waals surface area (Å²) in [6.45, 7) is -0.0210. The molecule has 0 aromatic heterocycles. The number of hydrogen-bond donors (Lipinski definition) is 0. The van der Waals surface area contributed by atoms with Gasteiger partial charge in [-0.05, 0) is 73.6 Å². The maximum atomic E-state index is 14.9. The third-order valence-electron chi connectivity index (χ3n) is 14.8. The fourth-order valence-electron chi connectivity index (χ4n) is 11.2. The first kappa shape index (κ1) is 49.6. The molecule has 0 radical (unpaired) electrons. The number of benzene rings is 4. The van der Waals surface area contributed by atoms with E-state index >= 15 is 0 Å². The second-order valence-electron chi connectivity index (χ2n) is 19.7. The Morgan fingerprint density at radius 3 is 0.681 bits per heavy atom. The van der Waals surface area contributed by atoms with E-state index in [0.717, 1.165) is 22.3 Å². The Balaban J connectivity index is 1.08. The fourth-order valence-corrected chi connectivity index (χ4v) is 11.2. The summed E-state index contributed by atoms with van der Waals surface area (Å²) in [6, 6.07) is 33.5. The van der Waals surface area contributed by atoms with Crippen molar-refractivity contribution in [1.29, 1.82) is 0 Å². The lowest BCUT2D eigenvalue weighted by molar-refractivity contribution is -0.154. The topological polar surface area (TPSA) is 162 Å². The zero-order valence-electron chi connectivity index (χ0n) is 40.8. The van der Waals surface area contributed by atoms with Crippen molar-refractivity contribution in [3.05, 3.63) is 144 Å². The molecule has 72 heavy (non-hydrogen) atoms. The van der Waals surface area contributed by atoms with E-state index in [1.165, 1.54) is 39.2 Å². The van der Waals surface area contributed by atoms with Crippen LogP contribution in [-0.4, -0.2) is 163 Å². The summed E-state index contributed by atoms with van der Waals surface area (Å²) in [5, 5.41) is 0. The molecule has 5 aliphatic heterocycles. The molecular formula is C56H64N8O8. The minimum Gasteiger partial charge on any atom is -0.329 e. The third-order valence-corrected chi connectivity index (χ3v) is 14.8. The first-order valence-corrected chi connectivity index (χ1v) is 25.5. The summed E-state index contributed by atoms with van der Waals surface area (Å²) in [5.41, 5.74) is 3.12. The second-order valence-corrected chi connectivity index (χ2v) is 19.7. The molecule has 0 N–H and O–H groups in total. The molecule has 0 unspecified atom stereocenters. The second kappa shape index (κ2) is 22.8. The van der Waals surface area contributed by atoms with E-state index in [9.17, 15) is 38.4 Å². The molecule has 5 fully saturated rings. The number of nitrogens with zero attached hydrogens (tertiary/aromatic N) is 8. The Hall–Kier alpha value is -7.36. The minimum absolute atomic E-state index is 0.0771. The molecule has 16 nitrogen and oxygen atoms in total. The molecule has 0 spiro atoms. The van der Waals surface area contributed by atoms with E-state index in [1.54, 1.807) is 0 Å². The first-order valence-electron chi connectivity index (χ1n) is 25.5. The van der Waals surface area contributed by atoms with Gasteiger partial charge in [0.15, 0.2) is 0 Å². The predicted molar refractivity (Wildman–Crippen MR) is 266 cm³/mol. The zero-order valence-corrected chi connectivity index (χ0v) is 40.8. The van der Waals surface area contributed by atoms with Crippen molar-refractivity contribution in [3.63, 3.8) is 0 Å². The molecule has 4 atom stereocenters. The van der Waals surface area contributed by atoms with E-state index in [4.69, 9.17) is 0 Å². The van der Waals surface area contributed by atoms with Crippen LogP contribution in [0.3, 0.4) is 0 Å². The molecule has 376 valence electrons. The summed E-state index contributed by atoms with van der Waals surface area (Å²) < 4.78 is 0. The minimum atomic E-state index is -0.913. The summed E-state index contributed by atoms with van der Waals surface area (Å²) >= 11 is 0. The molecule has 0 saturated carbocycles. The van der Waals surface area contributed by atoms with Crippen LogP contribution in [0, 0.1) is 0 Å². The Morgan fingerprint density at radius 2 is 0.486 bits per heavy atom. The first-order chi connectivity index (χ1) is 35.0. The van der Waals surface area contributed by atoms with Crippen molar-refractivity contribution < 1.29 is 38.4 Å². The third kappa shape index (κ3) is 11.4. The van der Waals surface area contributed by atoms with Crippen LogP contribution in [0.2, 0.25) is 0 Å². The lowest BCUT2D eigenvalue weighted by Crippen LogP contribution is -2.56. The van der Waals surface area contributed by atoms with Crippen molar-refractivity contribution in [2.45, 2.75) is 102 Å². The van der Waals surface area contributed by atoms with Gasteiger partial charge in [0, 0.05) is 52.4 Å². The van der Waals surface area contributed by atoms with Crippen molar-refractivity contribution in [2.75, 3.05) is 52.4 Å². The molecule has 0 bridgehead atoms. The molecule has 5 saturated heterocycles. The molecular weight excluding hydrogens is 913 g/mol. The van der Waals surface area contributed by atoms with Crippen molar-refractivity contribution in [1.82, 2.24) is 39.2 Å². The number of rotatable bonds is 8. The van der Waals surface area contributed by atoms with E-state index in [0.29, 0.717) is 51.4 Å². The molecule has 5 aliphatic rings. The molecule has 9 rings (SSSR count). The van der Waals surface area contributed by atoms with E-state index < -0.39 is 71.4 Å². The summed E-state index contributed by atoms with van der Waals surface area (Å²) in [7, 11) is 0. The van der Waals surface area contributed by atoms with Gasteiger partial charge < -0.3 is 39.2 Å². The highest BCUT2D eigenvalue weighted by Crippen LogP contribution is 2.28. The van der Waals surface area contributed by atoms with E-state index in [-0.39, 0.29) is 78.5 Å². The van der Waals surface area contributed by atoms with Crippen LogP contribution in [0.25, 0.3) is 0 Å². The quantitative estimate of drug-likeness (QED) is 0.255. The van der Waals surface area contributed by atoms with Crippen LogP contribution >= 0.6 is 0 Å². The average Bonchev–Trinajstić information content (AvgIpc) is 4.26. The maximum absolute atomic E-state index is 14.9. The number of amides is 8. The molecule has 16 heteroatoms. The fraction of sp³-hybridized carbons (Fsp3) is 0.429. The van der Waals surface area contributed by atoms with Crippen molar-refractivity contribution in [2.24, 2.45) is 0 Å². The number of hydrogen-bond acceptors (Lipinski definition) is 8. The van der Waals surface area contributed by atoms with Crippen LogP contribution in [-0.2, 0) is 64.5 Å². The SMILES string of the molecule is O=C1[C@@H]2CCCN2C(=O)CN(Cc2ccccc2)C(=O)[C@@H]2CCCN2C(=O)CN(Cc2ccccc2)C(=O)[C@@H]2CCCN2C(=O)CN(Cc2ccccc2)C(=O)[C@@H]2CCCN2C(=O)CN1Cc1ccccc1. The monoisotopic (exact) mass is 976 g/mol. The van der Waals surface area contributed by atoms with Crippen LogP contribution < -0.4 is 0 Å². The highest BCUT2D eigenvalue weighted by Gasteiger charge is 2.45. The van der Waals surface area contributed by atoms with Gasteiger partial charge in [0.25, 0.3) is 0 Å². The van der Waals surface area contributed by atoms with E-state index in [2.05, 4.69) is 0 Å². The Morgan fingerprint density at radius 1 is 0.292 bits per heavy atom. The van der Waals surface area contributed by atoms with Crippen LogP contribution in [0.4, 0.5) is 0 Å². The zero-order chi connectivity index (χ0) is 50.1. The largest absolute Gasteiger partial charge is 0.329 e. The molecule has 4 aromatic rings. The summed E-state index contributed by atoms with van der Waals surface area (Å²) in [4.78, 5) is 131. The highest BCUT2D eigenvalue weighted by atomic mass is 16.2. The summed E-state index contributed by atoms with van der Waals surface area (Å²) in [5.74, 6) is -3.33. The van der Waals surface area contributed by atoms with Gasteiger partial charge in [-0.25, -0.2) is 0 Å². The maximum Gasteiger partial charge on any atom is 0.246 e. The van der Waals surface area contributed by atoms with Gasteiger partial charge in [0.2, 0.25) is 47.3 Å². The number of carbonyl (C=O) groups is 8. The summed E-state index contributed by atoms with van der Waals surface area (Å²) in [6.07, 6.45) is 3.53. The van der Waals surface area contributed by atoms with Crippen LogP contribution in [0.15, 0.2) is 121 Å². The predicted octanol–water partition coefficient (Wildman–Crippen LogP) is 4.08. The Kier molecular flexibility index (Phi) is 15.7. The Bertz CT molecular complexity index is 2250.